The lowest BCUT2D eigenvalue weighted by Crippen LogP contribution is -2.30. The third-order valence-electron chi connectivity index (χ3n) is 5.26. The van der Waals surface area contributed by atoms with Gasteiger partial charge < -0.3 is 25.0 Å². The predicted molar refractivity (Wildman–Crippen MR) is 124 cm³/mol. The number of nitrogens with one attached hydrogen (secondary N) is 2. The van der Waals surface area contributed by atoms with Crippen LogP contribution in [0.5, 0.6) is 5.88 Å². The van der Waals surface area contributed by atoms with Crippen molar-refractivity contribution in [3.8, 4) is 5.88 Å². The number of aliphatic hydroxyl groups excluding tert-OH is 2. The van der Waals surface area contributed by atoms with E-state index in [1.165, 1.54) is 0 Å². The number of carbonyl (C=O) groups is 2. The molecule has 4 N–H and O–H groups in total. The second-order valence-corrected chi connectivity index (χ2v) is 9.01. The number of unbranched alkanes of at least 4 members (excludes halogenated alkanes) is 1. The van der Waals surface area contributed by atoms with Crippen molar-refractivity contribution < 1.29 is 38.1 Å². The molecule has 1 aromatic carbocycles. The molecular formula is C21H25ClF2N4O6S. The Morgan fingerprint density at radius 3 is 2.51 bits per heavy atom. The molecule has 2 aromatic rings. The monoisotopic (exact) mass is 534 g/mol. The Hall–Kier alpha value is -2.58. The number of hydrogen-bond acceptors (Lipinski definition) is 9. The summed E-state index contributed by atoms with van der Waals surface area (Å²) in [5.74, 6) is -2.93. The molecule has 1 aromatic heterocycles. The second-order valence-electron chi connectivity index (χ2n) is 7.80. The van der Waals surface area contributed by atoms with Gasteiger partial charge in [0, 0.05) is 24.7 Å². The maximum absolute atomic E-state index is 14.0. The van der Waals surface area contributed by atoms with E-state index in [-0.39, 0.29) is 21.5 Å². The maximum atomic E-state index is 14.0. The Morgan fingerprint density at radius 2 is 1.89 bits per heavy atom. The summed E-state index contributed by atoms with van der Waals surface area (Å²) in [5, 5.41) is 24.2. The lowest BCUT2D eigenvalue weighted by atomic mass is 10.2. The fourth-order valence-corrected chi connectivity index (χ4v) is 4.34. The third-order valence-corrected chi connectivity index (χ3v) is 6.22. The number of nitrogens with zero attached hydrogens (tertiary/aromatic N) is 2. The number of rotatable bonds is 10. The number of urea groups is 1. The maximum Gasteiger partial charge on any atom is 0.346 e. The molecule has 2 amide bonds. The highest BCUT2D eigenvalue weighted by molar-refractivity contribution is 7.11. The van der Waals surface area contributed by atoms with Crippen molar-refractivity contribution in [3.63, 3.8) is 0 Å². The molecule has 2 unspecified atom stereocenters. The van der Waals surface area contributed by atoms with Crippen molar-refractivity contribution in [1.29, 1.82) is 0 Å². The Balaban J connectivity index is 1.52. The van der Waals surface area contributed by atoms with E-state index in [1.54, 1.807) is 0 Å². The van der Waals surface area contributed by atoms with Gasteiger partial charge in [0.25, 0.3) is 0 Å². The summed E-state index contributed by atoms with van der Waals surface area (Å²) in [6.07, 6.45) is -0.0838. The van der Waals surface area contributed by atoms with Crippen LogP contribution in [-0.4, -0.2) is 77.0 Å². The van der Waals surface area contributed by atoms with Gasteiger partial charge in [-0.1, -0.05) is 11.6 Å². The summed E-state index contributed by atoms with van der Waals surface area (Å²) in [7, 11) is 1.13. The molecular weight excluding hydrogens is 510 g/mol. The molecule has 0 spiro atoms. The average Bonchev–Trinajstić information content (AvgIpc) is 3.34. The first-order valence-electron chi connectivity index (χ1n) is 10.7. The van der Waals surface area contributed by atoms with Gasteiger partial charge in [0.15, 0.2) is 5.56 Å². The Bertz CT molecular complexity index is 1030. The molecule has 1 saturated heterocycles. The zero-order valence-electron chi connectivity index (χ0n) is 18.7. The van der Waals surface area contributed by atoms with Crippen LogP contribution >= 0.6 is 23.1 Å². The number of β-amino-alcohol motifs (C(OH)–C–C–N with tert-alkyl or cyclic N) is 2. The third kappa shape index (κ3) is 7.21. The minimum Gasteiger partial charge on any atom is -0.471 e. The SMILES string of the molecule is COC(=O)c1c(OCc2c(F)cc(Cl)cc2F)nsc1NC(=O)NCCCCN1CC(O)C(O)C1. The van der Waals surface area contributed by atoms with Gasteiger partial charge in [-0.2, -0.15) is 4.37 Å². The zero-order valence-corrected chi connectivity index (χ0v) is 20.3. The molecule has 10 nitrogen and oxygen atoms in total. The zero-order chi connectivity index (χ0) is 25.5. The summed E-state index contributed by atoms with van der Waals surface area (Å²) < 4.78 is 42.0. The van der Waals surface area contributed by atoms with Crippen molar-refractivity contribution in [2.75, 3.05) is 38.6 Å². The van der Waals surface area contributed by atoms with Gasteiger partial charge >= 0.3 is 12.0 Å². The molecule has 192 valence electrons. The predicted octanol–water partition coefficient (Wildman–Crippen LogP) is 2.38. The van der Waals surface area contributed by atoms with Crippen LogP contribution in [0.2, 0.25) is 5.02 Å². The topological polar surface area (TPSA) is 133 Å². The van der Waals surface area contributed by atoms with Gasteiger partial charge in [-0.25, -0.2) is 18.4 Å². The normalized spacial score (nSPS) is 17.9. The minimum absolute atomic E-state index is 0.0430. The standard InChI is InChI=1S/C21H25ClF2N4O6S/c1-33-20(31)17-18(34-10-12-13(23)6-11(22)7-14(12)24)27-35-19(17)26-21(32)25-4-2-3-5-28-8-15(29)16(30)9-28/h6-7,15-16,29-30H,2-5,8-10H2,1H3,(H2,25,26,32). The minimum atomic E-state index is -0.917. The van der Waals surface area contributed by atoms with E-state index in [9.17, 15) is 28.6 Å². The first-order chi connectivity index (χ1) is 16.7. The van der Waals surface area contributed by atoms with E-state index >= 15 is 0 Å². The number of hydrogen-bond donors (Lipinski definition) is 4. The van der Waals surface area contributed by atoms with Crippen molar-refractivity contribution in [3.05, 3.63) is 39.9 Å². The number of benzene rings is 1. The highest BCUT2D eigenvalue weighted by atomic mass is 35.5. The molecule has 1 fully saturated rings. The molecule has 0 aliphatic carbocycles. The number of halogens is 3. The van der Waals surface area contributed by atoms with Gasteiger partial charge in [-0.05, 0) is 43.1 Å². The van der Waals surface area contributed by atoms with Crippen molar-refractivity contribution in [1.82, 2.24) is 14.6 Å². The van der Waals surface area contributed by atoms with Crippen LogP contribution in [0.3, 0.4) is 0 Å². The number of aliphatic hydroxyl groups is 2. The van der Waals surface area contributed by atoms with Crippen LogP contribution in [0.15, 0.2) is 12.1 Å². The lowest BCUT2D eigenvalue weighted by Gasteiger charge is -2.14. The number of esters is 1. The number of aromatic nitrogens is 1. The molecule has 35 heavy (non-hydrogen) atoms. The molecule has 0 bridgehead atoms. The summed E-state index contributed by atoms with van der Waals surface area (Å²) in [5.41, 5.74) is -0.586. The number of amides is 2. The molecule has 1 aliphatic rings. The van der Waals surface area contributed by atoms with Gasteiger partial charge in [-0.3, -0.25) is 10.2 Å². The number of ether oxygens (including phenoxy) is 2. The summed E-state index contributed by atoms with van der Waals surface area (Å²) in [6, 6.07) is 1.27. The molecule has 1 aliphatic heterocycles. The Labute approximate surface area is 208 Å². The quantitative estimate of drug-likeness (QED) is 0.270. The summed E-state index contributed by atoms with van der Waals surface area (Å²) in [4.78, 5) is 26.5. The molecule has 14 heteroatoms. The first kappa shape index (κ1) is 27.0. The van der Waals surface area contributed by atoms with E-state index in [0.29, 0.717) is 32.6 Å². The van der Waals surface area contributed by atoms with Gasteiger partial charge in [0.2, 0.25) is 5.88 Å². The second kappa shape index (κ2) is 12.4. The Kier molecular flexibility index (Phi) is 9.57. The van der Waals surface area contributed by atoms with Crippen LogP contribution < -0.4 is 15.4 Å². The van der Waals surface area contributed by atoms with Gasteiger partial charge in [0.1, 0.15) is 23.2 Å². The van der Waals surface area contributed by atoms with E-state index in [2.05, 4.69) is 15.0 Å². The van der Waals surface area contributed by atoms with Crippen LogP contribution in [-0.2, 0) is 11.3 Å². The summed E-state index contributed by atoms with van der Waals surface area (Å²) in [6.45, 7) is 1.28. The molecule has 0 radical (unpaired) electrons. The lowest BCUT2D eigenvalue weighted by molar-refractivity contribution is 0.0572. The number of carbonyl (C=O) groups excluding carboxylic acids is 2. The van der Waals surface area contributed by atoms with Crippen LogP contribution in [0.25, 0.3) is 0 Å². The molecule has 3 rings (SSSR count). The van der Waals surface area contributed by atoms with Crippen molar-refractivity contribution in [2.24, 2.45) is 0 Å². The van der Waals surface area contributed by atoms with Crippen molar-refractivity contribution >= 4 is 40.1 Å². The van der Waals surface area contributed by atoms with Gasteiger partial charge in [-0.15, -0.1) is 0 Å². The van der Waals surface area contributed by atoms with Crippen LogP contribution in [0, 0.1) is 11.6 Å². The highest BCUT2D eigenvalue weighted by Crippen LogP contribution is 2.32. The van der Waals surface area contributed by atoms with E-state index in [1.807, 2.05) is 4.90 Å². The van der Waals surface area contributed by atoms with Crippen LogP contribution in [0.1, 0.15) is 28.8 Å². The largest absolute Gasteiger partial charge is 0.471 e. The van der Waals surface area contributed by atoms with Crippen LogP contribution in [0.4, 0.5) is 18.6 Å². The first-order valence-corrected chi connectivity index (χ1v) is 11.8. The fourth-order valence-electron chi connectivity index (χ4n) is 3.43. The molecule has 2 heterocycles. The Morgan fingerprint density at radius 1 is 1.23 bits per heavy atom. The smallest absolute Gasteiger partial charge is 0.346 e. The molecule has 2 atom stereocenters. The summed E-state index contributed by atoms with van der Waals surface area (Å²) >= 11 is 6.36. The average molecular weight is 535 g/mol. The highest BCUT2D eigenvalue weighted by Gasteiger charge is 2.29. The van der Waals surface area contributed by atoms with E-state index < -0.39 is 48.0 Å². The fraction of sp³-hybridized carbons (Fsp3) is 0.476. The van der Waals surface area contributed by atoms with Crippen molar-refractivity contribution in [2.45, 2.75) is 31.7 Å². The van der Waals surface area contributed by atoms with E-state index in [0.717, 1.165) is 37.2 Å². The van der Waals surface area contributed by atoms with Gasteiger partial charge in [0.05, 0.1) is 24.9 Å². The van der Waals surface area contributed by atoms with E-state index in [4.69, 9.17) is 21.1 Å². The number of anilines is 1. The number of methoxy groups -OCH3 is 1. The number of likely N-dealkylation sites (tertiary alicyclic amines) is 1. The molecule has 0 saturated carbocycles.